The smallest absolute Gasteiger partial charge is 0.334 e. The lowest BCUT2D eigenvalue weighted by Crippen LogP contribution is -2.42. The first kappa shape index (κ1) is 14.2. The number of rotatable bonds is 1. The Bertz CT molecular complexity index is 543. The van der Waals surface area contributed by atoms with Crippen molar-refractivity contribution in [3.8, 4) is 0 Å². The predicted octanol–water partition coefficient (Wildman–Crippen LogP) is 1.66. The summed E-state index contributed by atoms with van der Waals surface area (Å²) in [5.74, 6) is 0.725. The molecule has 4 rings (SSSR count). The highest BCUT2D eigenvalue weighted by Crippen LogP contribution is 2.45. The maximum Gasteiger partial charge on any atom is 0.334 e. The van der Waals surface area contributed by atoms with Gasteiger partial charge in [0.05, 0.1) is 6.10 Å². The summed E-state index contributed by atoms with van der Waals surface area (Å²) < 4.78 is 11.8. The Morgan fingerprint density at radius 3 is 2.82 bits per heavy atom. The topological polar surface area (TPSA) is 55.8 Å². The molecule has 22 heavy (non-hydrogen) atoms. The molecule has 0 unspecified atom stereocenters. The van der Waals surface area contributed by atoms with Crippen LogP contribution in [0, 0.1) is 11.8 Å². The van der Waals surface area contributed by atoms with Gasteiger partial charge in [0.1, 0.15) is 12.2 Å². The predicted molar refractivity (Wildman–Crippen MR) is 78.9 cm³/mol. The Labute approximate surface area is 130 Å². The Kier molecular flexibility index (Phi) is 3.29. The second kappa shape index (κ2) is 5.08. The van der Waals surface area contributed by atoms with Crippen LogP contribution >= 0.6 is 0 Å². The lowest BCUT2D eigenvalue weighted by atomic mass is 9.80. The van der Waals surface area contributed by atoms with Gasteiger partial charge >= 0.3 is 5.97 Å². The monoisotopic (exact) mass is 305 g/mol. The molecule has 0 aromatic heterocycles. The Morgan fingerprint density at radius 2 is 2.09 bits per heavy atom. The quantitative estimate of drug-likeness (QED) is 0.691. The van der Waals surface area contributed by atoms with E-state index in [2.05, 4.69) is 11.8 Å². The van der Waals surface area contributed by atoms with Gasteiger partial charge in [0, 0.05) is 30.5 Å². The van der Waals surface area contributed by atoms with Crippen LogP contribution in [-0.2, 0) is 19.1 Å². The third kappa shape index (κ3) is 2.02. The molecule has 1 amide bonds. The second-order valence-corrected chi connectivity index (χ2v) is 7.13. The molecule has 4 aliphatic rings. The van der Waals surface area contributed by atoms with Crippen molar-refractivity contribution in [2.24, 2.45) is 11.8 Å². The Morgan fingerprint density at radius 1 is 1.27 bits per heavy atom. The van der Waals surface area contributed by atoms with Crippen molar-refractivity contribution in [2.75, 3.05) is 6.54 Å². The molecule has 5 nitrogen and oxygen atoms in total. The molecule has 0 saturated carbocycles. The van der Waals surface area contributed by atoms with E-state index in [1.165, 1.54) is 0 Å². The van der Waals surface area contributed by atoms with E-state index in [1.54, 1.807) is 6.92 Å². The van der Waals surface area contributed by atoms with Gasteiger partial charge in [-0.3, -0.25) is 4.79 Å². The Balaban J connectivity index is 1.58. The molecule has 3 saturated heterocycles. The molecule has 4 heterocycles. The highest BCUT2D eigenvalue weighted by Gasteiger charge is 2.53. The van der Waals surface area contributed by atoms with Crippen molar-refractivity contribution in [1.82, 2.24) is 4.90 Å². The molecule has 5 heteroatoms. The van der Waals surface area contributed by atoms with Crippen molar-refractivity contribution < 1.29 is 19.1 Å². The first-order valence-corrected chi connectivity index (χ1v) is 8.40. The van der Waals surface area contributed by atoms with Crippen LogP contribution in [0.5, 0.6) is 0 Å². The number of carbonyl (C=O) groups is 2. The molecule has 0 aliphatic carbocycles. The number of hydrogen-bond acceptors (Lipinski definition) is 4. The van der Waals surface area contributed by atoms with Crippen LogP contribution in [-0.4, -0.2) is 47.7 Å². The van der Waals surface area contributed by atoms with Crippen LogP contribution in [0.25, 0.3) is 0 Å². The molecule has 0 N–H and O–H groups in total. The van der Waals surface area contributed by atoms with Crippen LogP contribution in [0.2, 0.25) is 0 Å². The summed E-state index contributed by atoms with van der Waals surface area (Å²) in [6, 6.07) is 0.308. The molecule has 0 bridgehead atoms. The molecule has 0 aromatic carbocycles. The fourth-order valence-corrected chi connectivity index (χ4v) is 4.85. The van der Waals surface area contributed by atoms with Crippen LogP contribution in [0.3, 0.4) is 0 Å². The third-order valence-electron chi connectivity index (χ3n) is 5.90. The van der Waals surface area contributed by atoms with Gasteiger partial charge in [-0.25, -0.2) is 4.79 Å². The maximum atomic E-state index is 12.1. The first-order valence-electron chi connectivity index (χ1n) is 8.40. The fraction of sp³-hybridized carbons (Fsp3) is 0.765. The van der Waals surface area contributed by atoms with Gasteiger partial charge < -0.3 is 14.4 Å². The van der Waals surface area contributed by atoms with Crippen molar-refractivity contribution in [3.05, 3.63) is 11.6 Å². The van der Waals surface area contributed by atoms with Crippen LogP contribution in [0.4, 0.5) is 0 Å². The van der Waals surface area contributed by atoms with Crippen molar-refractivity contribution in [2.45, 2.75) is 63.9 Å². The average molecular weight is 305 g/mol. The van der Waals surface area contributed by atoms with Gasteiger partial charge in [-0.05, 0) is 38.2 Å². The van der Waals surface area contributed by atoms with Gasteiger partial charge in [-0.2, -0.15) is 0 Å². The van der Waals surface area contributed by atoms with E-state index >= 15 is 0 Å². The van der Waals surface area contributed by atoms with Crippen LogP contribution < -0.4 is 0 Å². The number of cyclic esters (lactones) is 1. The number of carbonyl (C=O) groups excluding carboxylic acids is 2. The summed E-state index contributed by atoms with van der Waals surface area (Å²) in [6.45, 7) is 4.85. The number of fused-ring (bicyclic) bond motifs is 3. The molecule has 3 fully saturated rings. The highest BCUT2D eigenvalue weighted by atomic mass is 16.6. The summed E-state index contributed by atoms with van der Waals surface area (Å²) in [4.78, 5) is 25.8. The zero-order valence-electron chi connectivity index (χ0n) is 13.2. The first-order chi connectivity index (χ1) is 10.6. The number of amides is 1. The van der Waals surface area contributed by atoms with Gasteiger partial charge in [0.25, 0.3) is 0 Å². The minimum absolute atomic E-state index is 0.0768. The van der Waals surface area contributed by atoms with Gasteiger partial charge in [-0.15, -0.1) is 0 Å². The zero-order valence-corrected chi connectivity index (χ0v) is 13.2. The maximum absolute atomic E-state index is 12.1. The van der Waals surface area contributed by atoms with Crippen LogP contribution in [0.1, 0.15) is 39.5 Å². The minimum Gasteiger partial charge on any atom is -0.452 e. The number of ether oxygens (including phenoxy) is 2. The number of esters is 1. The second-order valence-electron chi connectivity index (χ2n) is 7.13. The lowest BCUT2D eigenvalue weighted by Gasteiger charge is -2.31. The van der Waals surface area contributed by atoms with Gasteiger partial charge in [-0.1, -0.05) is 6.92 Å². The molecule has 0 radical (unpaired) electrons. The third-order valence-corrected chi connectivity index (χ3v) is 5.90. The summed E-state index contributed by atoms with van der Waals surface area (Å²) in [6.07, 6.45) is 5.35. The summed E-state index contributed by atoms with van der Waals surface area (Å²) in [5.41, 5.74) is 0.672. The molecule has 120 valence electrons. The lowest BCUT2D eigenvalue weighted by molar-refractivity contribution is -0.146. The largest absolute Gasteiger partial charge is 0.452 e. The number of nitrogens with zero attached hydrogens (tertiary/aromatic N) is 1. The summed E-state index contributed by atoms with van der Waals surface area (Å²) >= 11 is 0. The van der Waals surface area contributed by atoms with E-state index in [4.69, 9.17) is 9.47 Å². The molecular weight excluding hydrogens is 282 g/mol. The summed E-state index contributed by atoms with van der Waals surface area (Å²) in [7, 11) is 0. The molecule has 6 atom stereocenters. The molecule has 0 aromatic rings. The normalized spacial score (nSPS) is 44.5. The number of hydrogen-bond donors (Lipinski definition) is 0. The highest BCUT2D eigenvalue weighted by molar-refractivity contribution is 5.90. The van der Waals surface area contributed by atoms with E-state index in [0.29, 0.717) is 35.8 Å². The zero-order chi connectivity index (χ0) is 15.4. The average Bonchev–Trinajstić information content (AvgIpc) is 3.05. The fourth-order valence-electron chi connectivity index (χ4n) is 4.85. The van der Waals surface area contributed by atoms with Crippen molar-refractivity contribution in [1.29, 1.82) is 0 Å². The van der Waals surface area contributed by atoms with Crippen LogP contribution in [0.15, 0.2) is 11.6 Å². The van der Waals surface area contributed by atoms with Crippen molar-refractivity contribution in [3.63, 3.8) is 0 Å². The molecule has 0 spiro atoms. The Hall–Kier alpha value is -1.36. The van der Waals surface area contributed by atoms with Crippen molar-refractivity contribution >= 4 is 11.9 Å². The molecule has 4 aliphatic heterocycles. The van der Waals surface area contributed by atoms with Gasteiger partial charge in [0.2, 0.25) is 5.91 Å². The minimum atomic E-state index is -0.264. The van der Waals surface area contributed by atoms with Gasteiger partial charge in [0.15, 0.2) is 0 Å². The standard InChI is InChI=1S/C17H23NO4/c1-9-8-13(22-17(9)20)16-10(2)15-11-5-6-14(19)18(11)7-3-4-12(15)21-16/h8,10-13,15-16H,3-7H2,1-2H3/t10-,11-,12+,13+,15+,16+/m0/s1. The molecular formula is C17H23NO4. The van der Waals surface area contributed by atoms with E-state index < -0.39 is 0 Å². The van der Waals surface area contributed by atoms with E-state index in [1.807, 2.05) is 6.08 Å². The summed E-state index contributed by atoms with van der Waals surface area (Å²) in [5, 5.41) is 0. The van der Waals surface area contributed by atoms with E-state index in [0.717, 1.165) is 25.8 Å². The SMILES string of the molecule is CC1=C[C@H]([C@@H]2O[C@@H]3CCCN4C(=O)CC[C@H]4[C@H]3[C@@H]2C)OC1=O. The van der Waals surface area contributed by atoms with E-state index in [9.17, 15) is 9.59 Å². The van der Waals surface area contributed by atoms with E-state index in [-0.39, 0.29) is 24.3 Å².